The van der Waals surface area contributed by atoms with Crippen molar-refractivity contribution in [2.75, 3.05) is 16.7 Å². The van der Waals surface area contributed by atoms with Crippen LogP contribution in [0.25, 0.3) is 0 Å². The van der Waals surface area contributed by atoms with Crippen LogP contribution in [-0.4, -0.2) is 48.8 Å². The number of nitrogens with zero attached hydrogens (tertiary/aromatic N) is 2. The number of thiophene rings is 1. The zero-order chi connectivity index (χ0) is 25.5. The van der Waals surface area contributed by atoms with E-state index in [0.717, 1.165) is 16.9 Å². The standard InChI is InChI=1S/C18H17N3O4S2.C2HF3O2/c1-21(12-13-6-3-2-4-7-13)17-15(18(22)23)10-14(11-19-17)20-27(24,25)16-8-5-9-26-16;3-2(4,5)1(6)7/h2-11,20H,12H2,1H3,(H,22,23);(H,6,7). The van der Waals surface area contributed by atoms with Crippen molar-refractivity contribution in [1.82, 2.24) is 4.98 Å². The van der Waals surface area contributed by atoms with Crippen LogP contribution >= 0.6 is 11.3 Å². The number of hydrogen-bond donors (Lipinski definition) is 3. The van der Waals surface area contributed by atoms with Gasteiger partial charge >= 0.3 is 18.1 Å². The van der Waals surface area contributed by atoms with E-state index < -0.39 is 28.1 Å². The Balaban J connectivity index is 0.000000509. The number of halogens is 3. The minimum absolute atomic E-state index is 0.0835. The van der Waals surface area contributed by atoms with E-state index in [-0.39, 0.29) is 21.3 Å². The first kappa shape index (κ1) is 26.6. The van der Waals surface area contributed by atoms with Crippen molar-refractivity contribution >= 4 is 44.8 Å². The highest BCUT2D eigenvalue weighted by Crippen LogP contribution is 2.25. The van der Waals surface area contributed by atoms with Gasteiger partial charge in [0.15, 0.2) is 0 Å². The number of carboxylic acid groups (broad SMARTS) is 2. The summed E-state index contributed by atoms with van der Waals surface area (Å²) in [5, 5.41) is 18.3. The average Bonchev–Trinajstić information content (AvgIpc) is 3.30. The number of aromatic carboxylic acids is 1. The van der Waals surface area contributed by atoms with E-state index in [0.29, 0.717) is 6.54 Å². The maximum absolute atomic E-state index is 12.3. The van der Waals surface area contributed by atoms with E-state index in [2.05, 4.69) is 9.71 Å². The minimum atomic E-state index is -5.08. The second-order valence-corrected chi connectivity index (χ2v) is 9.44. The summed E-state index contributed by atoms with van der Waals surface area (Å²) in [7, 11) is -2.04. The molecule has 0 bridgehead atoms. The summed E-state index contributed by atoms with van der Waals surface area (Å²) in [5.41, 5.74) is 1.01. The van der Waals surface area contributed by atoms with Crippen LogP contribution in [-0.2, 0) is 21.4 Å². The van der Waals surface area contributed by atoms with Crippen LogP contribution in [0.4, 0.5) is 24.7 Å². The Kier molecular flexibility index (Phi) is 8.59. The lowest BCUT2D eigenvalue weighted by Crippen LogP contribution is -2.21. The van der Waals surface area contributed by atoms with Crippen molar-refractivity contribution in [3.8, 4) is 0 Å². The molecule has 0 radical (unpaired) electrons. The minimum Gasteiger partial charge on any atom is -0.478 e. The Morgan fingerprint density at radius 1 is 1.12 bits per heavy atom. The number of aliphatic carboxylic acids is 1. The summed E-state index contributed by atoms with van der Waals surface area (Å²) in [5.74, 6) is -3.69. The molecule has 3 rings (SSSR count). The van der Waals surface area contributed by atoms with E-state index in [9.17, 15) is 31.5 Å². The molecular weight excluding hydrogens is 499 g/mol. The quantitative estimate of drug-likeness (QED) is 0.429. The third kappa shape index (κ3) is 7.45. The lowest BCUT2D eigenvalue weighted by atomic mass is 10.2. The van der Waals surface area contributed by atoms with Gasteiger partial charge in [-0.25, -0.2) is 23.0 Å². The molecule has 34 heavy (non-hydrogen) atoms. The number of nitrogens with one attached hydrogen (secondary N) is 1. The Morgan fingerprint density at radius 3 is 2.24 bits per heavy atom. The van der Waals surface area contributed by atoms with Crippen molar-refractivity contribution in [2.24, 2.45) is 0 Å². The molecule has 0 aliphatic rings. The van der Waals surface area contributed by atoms with Crippen LogP contribution in [0.3, 0.4) is 0 Å². The first-order valence-electron chi connectivity index (χ1n) is 9.16. The van der Waals surface area contributed by atoms with Crippen molar-refractivity contribution in [1.29, 1.82) is 0 Å². The molecule has 2 aromatic heterocycles. The van der Waals surface area contributed by atoms with Crippen molar-refractivity contribution in [3.63, 3.8) is 0 Å². The first-order chi connectivity index (χ1) is 15.8. The molecule has 0 unspecified atom stereocenters. The summed E-state index contributed by atoms with van der Waals surface area (Å²) in [6.45, 7) is 0.467. The highest BCUT2D eigenvalue weighted by molar-refractivity contribution is 7.94. The Labute approximate surface area is 196 Å². The van der Waals surface area contributed by atoms with Gasteiger partial charge < -0.3 is 15.1 Å². The molecule has 3 N–H and O–H groups in total. The molecular formula is C20H18F3N3O6S2. The number of rotatable bonds is 7. The van der Waals surface area contributed by atoms with E-state index in [1.54, 1.807) is 23.4 Å². The van der Waals surface area contributed by atoms with Crippen LogP contribution < -0.4 is 9.62 Å². The number of aromatic nitrogens is 1. The van der Waals surface area contributed by atoms with E-state index in [1.807, 2.05) is 30.3 Å². The second kappa shape index (κ2) is 11.0. The van der Waals surface area contributed by atoms with Gasteiger partial charge in [0.1, 0.15) is 15.6 Å². The predicted molar refractivity (Wildman–Crippen MR) is 119 cm³/mol. The van der Waals surface area contributed by atoms with Gasteiger partial charge in [-0.1, -0.05) is 36.4 Å². The van der Waals surface area contributed by atoms with Crippen molar-refractivity contribution < 1.29 is 41.4 Å². The average molecular weight is 518 g/mol. The molecule has 0 saturated carbocycles. The molecule has 182 valence electrons. The number of alkyl halides is 3. The van der Waals surface area contributed by atoms with E-state index >= 15 is 0 Å². The summed E-state index contributed by atoms with van der Waals surface area (Å²) in [6, 6.07) is 13.9. The summed E-state index contributed by atoms with van der Waals surface area (Å²) in [6.07, 6.45) is -3.77. The maximum Gasteiger partial charge on any atom is 0.490 e. The number of carbonyl (C=O) groups is 2. The lowest BCUT2D eigenvalue weighted by Gasteiger charge is -2.20. The highest BCUT2D eigenvalue weighted by Gasteiger charge is 2.38. The number of benzene rings is 1. The molecule has 1 aromatic carbocycles. The van der Waals surface area contributed by atoms with Crippen LogP contribution in [0, 0.1) is 0 Å². The van der Waals surface area contributed by atoms with Gasteiger partial charge in [-0.2, -0.15) is 13.2 Å². The number of carboxylic acids is 2. The normalized spacial score (nSPS) is 11.2. The van der Waals surface area contributed by atoms with Crippen molar-refractivity contribution in [3.05, 3.63) is 71.2 Å². The maximum atomic E-state index is 12.3. The second-order valence-electron chi connectivity index (χ2n) is 6.58. The molecule has 0 spiro atoms. The highest BCUT2D eigenvalue weighted by atomic mass is 32.2. The summed E-state index contributed by atoms with van der Waals surface area (Å²) in [4.78, 5) is 26.5. The molecule has 0 aliphatic heterocycles. The number of pyridine rings is 1. The number of sulfonamides is 1. The zero-order valence-electron chi connectivity index (χ0n) is 17.4. The molecule has 3 aromatic rings. The summed E-state index contributed by atoms with van der Waals surface area (Å²) < 4.78 is 58.9. The fourth-order valence-corrected chi connectivity index (χ4v) is 4.56. The Bertz CT molecular complexity index is 1230. The molecule has 14 heteroatoms. The van der Waals surface area contributed by atoms with Gasteiger partial charge in [-0.05, 0) is 23.1 Å². The smallest absolute Gasteiger partial charge is 0.478 e. The zero-order valence-corrected chi connectivity index (χ0v) is 19.0. The number of anilines is 2. The van der Waals surface area contributed by atoms with Crippen molar-refractivity contribution in [2.45, 2.75) is 16.9 Å². The SMILES string of the molecule is CN(Cc1ccccc1)c1ncc(NS(=O)(=O)c2cccs2)cc1C(=O)O.O=C(O)C(F)(F)F. The molecule has 0 atom stereocenters. The van der Waals surface area contributed by atoms with E-state index in [4.69, 9.17) is 9.90 Å². The fraction of sp³-hybridized carbons (Fsp3) is 0.150. The molecule has 0 saturated heterocycles. The van der Waals surface area contributed by atoms with Crippen LogP contribution in [0.5, 0.6) is 0 Å². The monoisotopic (exact) mass is 517 g/mol. The molecule has 0 amide bonds. The third-order valence-electron chi connectivity index (χ3n) is 3.98. The van der Waals surface area contributed by atoms with Gasteiger partial charge in [0, 0.05) is 13.6 Å². The predicted octanol–water partition coefficient (Wildman–Crippen LogP) is 3.91. The first-order valence-corrected chi connectivity index (χ1v) is 11.5. The fourth-order valence-electron chi connectivity index (χ4n) is 2.53. The Morgan fingerprint density at radius 2 is 1.74 bits per heavy atom. The number of hydrogen-bond acceptors (Lipinski definition) is 7. The summed E-state index contributed by atoms with van der Waals surface area (Å²) >= 11 is 1.07. The molecule has 9 nitrogen and oxygen atoms in total. The lowest BCUT2D eigenvalue weighted by molar-refractivity contribution is -0.192. The van der Waals surface area contributed by atoms with Gasteiger partial charge in [0.05, 0.1) is 11.9 Å². The van der Waals surface area contributed by atoms with Gasteiger partial charge in [-0.3, -0.25) is 4.72 Å². The third-order valence-corrected chi connectivity index (χ3v) is 6.75. The van der Waals surface area contributed by atoms with Crippen LogP contribution in [0.2, 0.25) is 0 Å². The molecule has 2 heterocycles. The molecule has 0 fully saturated rings. The van der Waals surface area contributed by atoms with Gasteiger partial charge in [-0.15, -0.1) is 11.3 Å². The van der Waals surface area contributed by atoms with Gasteiger partial charge in [0.25, 0.3) is 10.0 Å². The van der Waals surface area contributed by atoms with Gasteiger partial charge in [0.2, 0.25) is 0 Å². The Hall–Kier alpha value is -3.65. The van der Waals surface area contributed by atoms with Crippen LogP contribution in [0.15, 0.2) is 64.3 Å². The largest absolute Gasteiger partial charge is 0.490 e. The van der Waals surface area contributed by atoms with Crippen LogP contribution in [0.1, 0.15) is 15.9 Å². The van der Waals surface area contributed by atoms with E-state index in [1.165, 1.54) is 18.3 Å². The topological polar surface area (TPSA) is 137 Å². The molecule has 0 aliphatic carbocycles.